The fraction of sp³-hybridized carbons (Fsp3) is 0.357. The Morgan fingerprint density at radius 1 is 1.37 bits per heavy atom. The second-order valence-electron chi connectivity index (χ2n) is 4.22. The van der Waals surface area contributed by atoms with Crippen molar-refractivity contribution >= 4 is 28.0 Å². The third-order valence-corrected chi connectivity index (χ3v) is 3.69. The number of rotatable bonds is 5. The fourth-order valence-electron chi connectivity index (χ4n) is 1.98. The number of aryl methyl sites for hydroxylation is 1. The van der Waals surface area contributed by atoms with E-state index in [-0.39, 0.29) is 0 Å². The standard InChI is InChI=1S/C14H19N3OS/c1-4-17(11-8-6-7-10(3)9-11)14-12(18-5-2)13(15)16-19-14/h6-9H,4-5H2,1-3H3,(H2,15,16). The molecule has 0 spiro atoms. The average molecular weight is 277 g/mol. The van der Waals surface area contributed by atoms with E-state index in [1.54, 1.807) is 0 Å². The van der Waals surface area contributed by atoms with Crippen molar-refractivity contribution in [2.45, 2.75) is 20.8 Å². The van der Waals surface area contributed by atoms with Crippen molar-refractivity contribution in [1.82, 2.24) is 4.37 Å². The molecule has 0 atom stereocenters. The molecule has 0 bridgehead atoms. The van der Waals surface area contributed by atoms with Crippen LogP contribution in [0.2, 0.25) is 0 Å². The minimum absolute atomic E-state index is 0.466. The van der Waals surface area contributed by atoms with Crippen LogP contribution in [0.25, 0.3) is 0 Å². The molecule has 0 fully saturated rings. The Labute approximate surface area is 118 Å². The quantitative estimate of drug-likeness (QED) is 0.907. The van der Waals surface area contributed by atoms with Gasteiger partial charge in [-0.15, -0.1) is 0 Å². The van der Waals surface area contributed by atoms with E-state index in [2.05, 4.69) is 47.4 Å². The van der Waals surface area contributed by atoms with Gasteiger partial charge >= 0.3 is 0 Å². The molecule has 2 aromatic rings. The molecule has 1 aromatic carbocycles. The zero-order valence-corrected chi connectivity index (χ0v) is 12.3. The normalized spacial score (nSPS) is 10.5. The minimum Gasteiger partial charge on any atom is -0.487 e. The molecule has 0 amide bonds. The number of nitrogens with two attached hydrogens (primary N) is 1. The lowest BCUT2D eigenvalue weighted by atomic mass is 10.2. The van der Waals surface area contributed by atoms with E-state index in [0.29, 0.717) is 18.2 Å². The van der Waals surface area contributed by atoms with Crippen LogP contribution in [0.4, 0.5) is 16.5 Å². The molecule has 102 valence electrons. The summed E-state index contributed by atoms with van der Waals surface area (Å²) in [6.45, 7) is 7.56. The third-order valence-electron chi connectivity index (χ3n) is 2.82. The summed E-state index contributed by atoms with van der Waals surface area (Å²) in [5, 5.41) is 0.965. The molecule has 19 heavy (non-hydrogen) atoms. The smallest absolute Gasteiger partial charge is 0.198 e. The molecule has 1 heterocycles. The minimum atomic E-state index is 0.466. The van der Waals surface area contributed by atoms with Crippen LogP contribution >= 0.6 is 11.5 Å². The molecule has 4 nitrogen and oxygen atoms in total. The van der Waals surface area contributed by atoms with Gasteiger partial charge in [0.25, 0.3) is 0 Å². The summed E-state index contributed by atoms with van der Waals surface area (Å²) in [5.41, 5.74) is 8.24. The van der Waals surface area contributed by atoms with Crippen LogP contribution in [0, 0.1) is 6.92 Å². The first kappa shape index (κ1) is 13.7. The van der Waals surface area contributed by atoms with Crippen molar-refractivity contribution in [3.05, 3.63) is 29.8 Å². The lowest BCUT2D eigenvalue weighted by Gasteiger charge is -2.22. The van der Waals surface area contributed by atoms with Gasteiger partial charge in [0.2, 0.25) is 0 Å². The maximum Gasteiger partial charge on any atom is 0.198 e. The van der Waals surface area contributed by atoms with Gasteiger partial charge in [0.05, 0.1) is 6.61 Å². The predicted octanol–water partition coefficient (Wildman–Crippen LogP) is 3.59. The number of nitrogens with zero attached hydrogens (tertiary/aromatic N) is 2. The Kier molecular flexibility index (Phi) is 4.27. The van der Waals surface area contributed by atoms with Gasteiger partial charge in [-0.1, -0.05) is 12.1 Å². The maximum atomic E-state index is 5.88. The van der Waals surface area contributed by atoms with Gasteiger partial charge in [0.1, 0.15) is 0 Å². The monoisotopic (exact) mass is 277 g/mol. The number of anilines is 3. The molecule has 2 rings (SSSR count). The first-order valence-corrected chi connectivity index (χ1v) is 7.16. The number of aromatic nitrogens is 1. The summed E-state index contributed by atoms with van der Waals surface area (Å²) in [7, 11) is 0. The first-order valence-electron chi connectivity index (χ1n) is 6.39. The average Bonchev–Trinajstić information content (AvgIpc) is 2.74. The van der Waals surface area contributed by atoms with E-state index in [1.165, 1.54) is 17.1 Å². The molecule has 0 aliphatic heterocycles. The molecule has 2 N–H and O–H groups in total. The van der Waals surface area contributed by atoms with Crippen molar-refractivity contribution in [2.24, 2.45) is 0 Å². The van der Waals surface area contributed by atoms with Crippen molar-refractivity contribution < 1.29 is 4.74 Å². The van der Waals surface area contributed by atoms with Crippen molar-refractivity contribution in [1.29, 1.82) is 0 Å². The highest BCUT2D eigenvalue weighted by Gasteiger charge is 2.19. The second-order valence-corrected chi connectivity index (χ2v) is 4.97. The fourth-order valence-corrected chi connectivity index (χ4v) is 2.82. The van der Waals surface area contributed by atoms with Gasteiger partial charge < -0.3 is 15.4 Å². The van der Waals surface area contributed by atoms with Gasteiger partial charge in [0, 0.05) is 12.2 Å². The number of benzene rings is 1. The van der Waals surface area contributed by atoms with Crippen molar-refractivity contribution in [2.75, 3.05) is 23.8 Å². The van der Waals surface area contributed by atoms with Crippen LogP contribution in [0.5, 0.6) is 5.75 Å². The SMILES string of the molecule is CCOc1c(N)nsc1N(CC)c1cccc(C)c1. The largest absolute Gasteiger partial charge is 0.487 e. The van der Waals surface area contributed by atoms with E-state index in [4.69, 9.17) is 10.5 Å². The van der Waals surface area contributed by atoms with Crippen molar-refractivity contribution in [3.63, 3.8) is 0 Å². The van der Waals surface area contributed by atoms with E-state index in [9.17, 15) is 0 Å². The van der Waals surface area contributed by atoms with Gasteiger partial charge in [-0.2, -0.15) is 4.37 Å². The summed E-state index contributed by atoms with van der Waals surface area (Å²) < 4.78 is 9.83. The molecule has 5 heteroatoms. The summed E-state index contributed by atoms with van der Waals surface area (Å²) in [4.78, 5) is 2.17. The second kappa shape index (κ2) is 5.93. The van der Waals surface area contributed by atoms with Crippen LogP contribution in [0.1, 0.15) is 19.4 Å². The van der Waals surface area contributed by atoms with Crippen LogP contribution in [-0.4, -0.2) is 17.5 Å². The molecule has 0 unspecified atom stereocenters. The van der Waals surface area contributed by atoms with Gasteiger partial charge in [0.15, 0.2) is 16.6 Å². The van der Waals surface area contributed by atoms with E-state index >= 15 is 0 Å². The topological polar surface area (TPSA) is 51.4 Å². The Morgan fingerprint density at radius 2 is 2.16 bits per heavy atom. The zero-order valence-electron chi connectivity index (χ0n) is 11.5. The summed E-state index contributed by atoms with van der Waals surface area (Å²) in [5.74, 6) is 1.16. The highest BCUT2D eigenvalue weighted by Crippen LogP contribution is 2.41. The first-order chi connectivity index (χ1) is 9.17. The van der Waals surface area contributed by atoms with E-state index < -0.39 is 0 Å². The predicted molar refractivity (Wildman–Crippen MR) is 81.6 cm³/mol. The number of hydrogen-bond donors (Lipinski definition) is 1. The molecule has 0 aliphatic carbocycles. The van der Waals surface area contributed by atoms with Crippen LogP contribution < -0.4 is 15.4 Å². The number of ether oxygens (including phenoxy) is 1. The van der Waals surface area contributed by atoms with Crippen LogP contribution in [0.15, 0.2) is 24.3 Å². The van der Waals surface area contributed by atoms with E-state index in [1.807, 2.05) is 6.92 Å². The summed E-state index contributed by atoms with van der Waals surface area (Å²) in [6, 6.07) is 8.37. The van der Waals surface area contributed by atoms with Crippen LogP contribution in [0.3, 0.4) is 0 Å². The van der Waals surface area contributed by atoms with E-state index in [0.717, 1.165) is 17.2 Å². The van der Waals surface area contributed by atoms with Crippen molar-refractivity contribution in [3.8, 4) is 5.75 Å². The Bertz CT molecular complexity index is 553. The lowest BCUT2D eigenvalue weighted by molar-refractivity contribution is 0.343. The Balaban J connectivity index is 2.42. The molecular weight excluding hydrogens is 258 g/mol. The van der Waals surface area contributed by atoms with Crippen LogP contribution in [-0.2, 0) is 0 Å². The van der Waals surface area contributed by atoms with Gasteiger partial charge in [-0.25, -0.2) is 0 Å². The molecule has 0 radical (unpaired) electrons. The molecule has 0 aliphatic rings. The Hall–Kier alpha value is -1.75. The summed E-state index contributed by atoms with van der Waals surface area (Å²) >= 11 is 1.38. The van der Waals surface area contributed by atoms with Gasteiger partial charge in [-0.3, -0.25) is 0 Å². The number of nitrogen functional groups attached to an aromatic ring is 1. The molecule has 1 aromatic heterocycles. The maximum absolute atomic E-state index is 5.88. The molecule has 0 saturated carbocycles. The number of hydrogen-bond acceptors (Lipinski definition) is 5. The third kappa shape index (κ3) is 2.81. The zero-order chi connectivity index (χ0) is 13.8. The van der Waals surface area contributed by atoms with Gasteiger partial charge in [-0.05, 0) is 50.0 Å². The molecule has 0 saturated heterocycles. The Morgan fingerprint density at radius 3 is 2.79 bits per heavy atom. The molecular formula is C14H19N3OS. The highest BCUT2D eigenvalue weighted by atomic mass is 32.1. The lowest BCUT2D eigenvalue weighted by Crippen LogP contribution is -2.16. The highest BCUT2D eigenvalue weighted by molar-refractivity contribution is 7.11. The summed E-state index contributed by atoms with van der Waals surface area (Å²) in [6.07, 6.45) is 0.